The number of urea groups is 1. The number of rotatable bonds is 4. The van der Waals surface area contributed by atoms with Gasteiger partial charge in [0.2, 0.25) is 0 Å². The van der Waals surface area contributed by atoms with Crippen molar-refractivity contribution in [3.8, 4) is 0 Å². The van der Waals surface area contributed by atoms with E-state index in [1.807, 2.05) is 0 Å². The average molecular weight is 332 g/mol. The zero-order chi connectivity index (χ0) is 16.9. The van der Waals surface area contributed by atoms with Gasteiger partial charge in [0.1, 0.15) is 0 Å². The topological polar surface area (TPSA) is 70.6 Å². The summed E-state index contributed by atoms with van der Waals surface area (Å²) in [7, 11) is 0. The molecule has 1 aliphatic rings. The number of hydrogen-bond donors (Lipinski definition) is 3. The molecule has 0 saturated carbocycles. The summed E-state index contributed by atoms with van der Waals surface area (Å²) in [6.45, 7) is 0.913. The normalized spacial score (nSPS) is 17.6. The fourth-order valence-electron chi connectivity index (χ4n) is 2.28. The minimum Gasteiger partial charge on any atom is -0.388 e. The predicted octanol–water partition coefficient (Wildman–Crippen LogP) is 2.05. The molecule has 2 amide bonds. The number of halogens is 3. The molecule has 0 aromatic heterocycles. The lowest BCUT2D eigenvalue weighted by molar-refractivity contribution is -0.137. The number of aliphatic hydroxyl groups is 1. The smallest absolute Gasteiger partial charge is 0.388 e. The van der Waals surface area contributed by atoms with Crippen LogP contribution in [0.1, 0.15) is 24.0 Å². The van der Waals surface area contributed by atoms with Crippen molar-refractivity contribution in [3.63, 3.8) is 0 Å². The summed E-state index contributed by atoms with van der Waals surface area (Å²) in [4.78, 5) is 11.7. The fourth-order valence-corrected chi connectivity index (χ4v) is 2.28. The first kappa shape index (κ1) is 17.6. The number of alkyl halides is 3. The lowest BCUT2D eigenvalue weighted by Crippen LogP contribution is -2.48. The van der Waals surface area contributed by atoms with Gasteiger partial charge in [-0.05, 0) is 17.7 Å². The molecule has 8 heteroatoms. The molecule has 0 bridgehead atoms. The highest BCUT2D eigenvalue weighted by molar-refractivity contribution is 5.73. The zero-order valence-electron chi connectivity index (χ0n) is 12.4. The van der Waals surface area contributed by atoms with Crippen LogP contribution in [0.15, 0.2) is 24.3 Å². The van der Waals surface area contributed by atoms with Crippen molar-refractivity contribution in [1.29, 1.82) is 0 Å². The van der Waals surface area contributed by atoms with Gasteiger partial charge in [0, 0.05) is 39.1 Å². The van der Waals surface area contributed by atoms with Gasteiger partial charge in [-0.25, -0.2) is 4.79 Å². The molecule has 0 aliphatic carbocycles. The molecule has 0 unspecified atom stereocenters. The molecule has 1 saturated heterocycles. The second kappa shape index (κ2) is 7.18. The first-order valence-electron chi connectivity index (χ1n) is 7.26. The highest BCUT2D eigenvalue weighted by Gasteiger charge is 2.31. The summed E-state index contributed by atoms with van der Waals surface area (Å²) in [5, 5.41) is 15.2. The van der Waals surface area contributed by atoms with Crippen LogP contribution in [-0.4, -0.2) is 36.5 Å². The molecular weight excluding hydrogens is 313 g/mol. The summed E-state index contributed by atoms with van der Waals surface area (Å²) in [6, 6.07) is 4.22. The van der Waals surface area contributed by atoms with Crippen LogP contribution in [0.25, 0.3) is 0 Å². The highest BCUT2D eigenvalue weighted by Crippen LogP contribution is 2.29. The van der Waals surface area contributed by atoms with E-state index in [9.17, 15) is 23.1 Å². The van der Waals surface area contributed by atoms with Crippen LogP contribution in [0.5, 0.6) is 0 Å². The Hall–Kier alpha value is -1.80. The molecular formula is C15H19F3N2O3. The summed E-state index contributed by atoms with van der Waals surface area (Å²) in [6.07, 6.45) is -3.55. The van der Waals surface area contributed by atoms with E-state index in [0.717, 1.165) is 12.1 Å². The van der Waals surface area contributed by atoms with Crippen molar-refractivity contribution in [3.05, 3.63) is 35.4 Å². The fraction of sp³-hybridized carbons (Fsp3) is 0.533. The van der Waals surface area contributed by atoms with Gasteiger partial charge in [-0.15, -0.1) is 0 Å². The van der Waals surface area contributed by atoms with Crippen LogP contribution in [-0.2, 0) is 17.5 Å². The van der Waals surface area contributed by atoms with E-state index in [2.05, 4.69) is 10.6 Å². The van der Waals surface area contributed by atoms with Crippen molar-refractivity contribution in [1.82, 2.24) is 10.6 Å². The van der Waals surface area contributed by atoms with Gasteiger partial charge >= 0.3 is 12.2 Å². The van der Waals surface area contributed by atoms with Gasteiger partial charge in [0.05, 0.1) is 11.2 Å². The number of amides is 2. The molecule has 0 atom stereocenters. The van der Waals surface area contributed by atoms with Gasteiger partial charge in [0.15, 0.2) is 0 Å². The third kappa shape index (κ3) is 5.40. The molecule has 0 radical (unpaired) electrons. The lowest BCUT2D eigenvalue weighted by atomic mass is 9.94. The second-order valence-corrected chi connectivity index (χ2v) is 5.57. The number of hydrogen-bond acceptors (Lipinski definition) is 3. The van der Waals surface area contributed by atoms with Gasteiger partial charge in [0.25, 0.3) is 0 Å². The summed E-state index contributed by atoms with van der Waals surface area (Å²) < 4.78 is 42.9. The maximum absolute atomic E-state index is 12.6. The van der Waals surface area contributed by atoms with E-state index >= 15 is 0 Å². The molecule has 128 valence electrons. The summed E-state index contributed by atoms with van der Waals surface area (Å²) >= 11 is 0. The van der Waals surface area contributed by atoms with E-state index in [1.165, 1.54) is 12.1 Å². The first-order valence-corrected chi connectivity index (χ1v) is 7.26. The lowest BCUT2D eigenvalue weighted by Gasteiger charge is -2.32. The van der Waals surface area contributed by atoms with E-state index in [4.69, 9.17) is 4.74 Å². The monoisotopic (exact) mass is 332 g/mol. The standard InChI is InChI=1S/C15H19F3N2O3/c16-15(17,18)12-3-1-2-11(8-12)9-19-13(21)20-10-14(22)4-6-23-7-5-14/h1-3,8,22H,4-7,9-10H2,(H2,19,20,21). The summed E-state index contributed by atoms with van der Waals surface area (Å²) in [5.74, 6) is 0. The molecule has 3 N–H and O–H groups in total. The predicted molar refractivity (Wildman–Crippen MR) is 76.7 cm³/mol. The SMILES string of the molecule is O=C(NCc1cccc(C(F)(F)F)c1)NCC1(O)CCOCC1. The van der Waals surface area contributed by atoms with Crippen LogP contribution in [0.3, 0.4) is 0 Å². The Kier molecular flexibility index (Phi) is 5.48. The quantitative estimate of drug-likeness (QED) is 0.790. The van der Waals surface area contributed by atoms with Crippen LogP contribution < -0.4 is 10.6 Å². The minimum absolute atomic E-state index is 0.0305. The summed E-state index contributed by atoms with van der Waals surface area (Å²) in [5.41, 5.74) is -1.40. The van der Waals surface area contributed by atoms with Gasteiger partial charge in [-0.3, -0.25) is 0 Å². The Labute approximate surface area is 131 Å². The maximum Gasteiger partial charge on any atom is 0.416 e. The van der Waals surface area contributed by atoms with Gasteiger partial charge in [-0.2, -0.15) is 13.2 Å². The van der Waals surface area contributed by atoms with Crippen LogP contribution in [0.2, 0.25) is 0 Å². The van der Waals surface area contributed by atoms with E-state index < -0.39 is 23.4 Å². The molecule has 1 heterocycles. The Morgan fingerprint density at radius 3 is 2.61 bits per heavy atom. The largest absolute Gasteiger partial charge is 0.416 e. The van der Waals surface area contributed by atoms with E-state index in [-0.39, 0.29) is 13.1 Å². The van der Waals surface area contributed by atoms with E-state index in [0.29, 0.717) is 31.6 Å². The second-order valence-electron chi connectivity index (χ2n) is 5.57. The number of carbonyl (C=O) groups is 1. The van der Waals surface area contributed by atoms with Crippen molar-refractivity contribution in [2.24, 2.45) is 0 Å². The minimum atomic E-state index is -4.41. The third-order valence-corrected chi connectivity index (χ3v) is 3.71. The Balaban J connectivity index is 1.80. The molecule has 1 fully saturated rings. The highest BCUT2D eigenvalue weighted by atomic mass is 19.4. The zero-order valence-corrected chi connectivity index (χ0v) is 12.4. The Morgan fingerprint density at radius 2 is 1.96 bits per heavy atom. The van der Waals surface area contributed by atoms with Crippen LogP contribution >= 0.6 is 0 Å². The molecule has 1 aromatic rings. The number of benzene rings is 1. The van der Waals surface area contributed by atoms with Crippen molar-refractivity contribution >= 4 is 6.03 Å². The van der Waals surface area contributed by atoms with Gasteiger partial charge < -0.3 is 20.5 Å². The number of carbonyl (C=O) groups excluding carboxylic acids is 1. The molecule has 5 nitrogen and oxygen atoms in total. The first-order chi connectivity index (χ1) is 10.8. The molecule has 1 aromatic carbocycles. The molecule has 1 aliphatic heterocycles. The average Bonchev–Trinajstić information content (AvgIpc) is 2.51. The molecule has 23 heavy (non-hydrogen) atoms. The third-order valence-electron chi connectivity index (χ3n) is 3.71. The van der Waals surface area contributed by atoms with Crippen molar-refractivity contribution < 1.29 is 27.8 Å². The Bertz CT molecular complexity index is 543. The van der Waals surface area contributed by atoms with Crippen molar-refractivity contribution in [2.45, 2.75) is 31.2 Å². The molecule has 0 spiro atoms. The van der Waals surface area contributed by atoms with Crippen LogP contribution in [0, 0.1) is 0 Å². The Morgan fingerprint density at radius 1 is 1.26 bits per heavy atom. The van der Waals surface area contributed by atoms with E-state index in [1.54, 1.807) is 0 Å². The maximum atomic E-state index is 12.6. The van der Waals surface area contributed by atoms with Gasteiger partial charge in [-0.1, -0.05) is 12.1 Å². The van der Waals surface area contributed by atoms with Crippen LogP contribution in [0.4, 0.5) is 18.0 Å². The number of nitrogens with one attached hydrogen (secondary N) is 2. The molecule has 2 rings (SSSR count). The van der Waals surface area contributed by atoms with Crippen molar-refractivity contribution in [2.75, 3.05) is 19.8 Å². The number of ether oxygens (including phenoxy) is 1.